The summed E-state index contributed by atoms with van der Waals surface area (Å²) in [6.45, 7) is 0. The molecule has 4 aromatic rings. The Hall–Kier alpha value is -5.60. The molecule has 50 heavy (non-hydrogen) atoms. The van der Waals surface area contributed by atoms with E-state index in [-0.39, 0.29) is 6.04 Å². The van der Waals surface area contributed by atoms with E-state index in [1.54, 1.807) is 0 Å². The zero-order valence-corrected chi connectivity index (χ0v) is 28.4. The summed E-state index contributed by atoms with van der Waals surface area (Å²) >= 11 is 0. The molecule has 4 aromatic carbocycles. The van der Waals surface area contributed by atoms with E-state index in [0.29, 0.717) is 12.0 Å². The number of hydrogen-bond acceptors (Lipinski definition) is 2. The number of hydrogen-bond donors (Lipinski definition) is 0. The summed E-state index contributed by atoms with van der Waals surface area (Å²) in [5.74, 6) is 0.460. The molecule has 1 aliphatic heterocycles. The monoisotopic (exact) mass is 646 g/mol. The summed E-state index contributed by atoms with van der Waals surface area (Å²) in [4.78, 5) is 5.14. The van der Waals surface area contributed by atoms with Crippen LogP contribution in [0.15, 0.2) is 187 Å². The molecule has 0 radical (unpaired) electrons. The van der Waals surface area contributed by atoms with Gasteiger partial charge in [-0.1, -0.05) is 146 Å². The minimum Gasteiger partial charge on any atom is -0.334 e. The summed E-state index contributed by atoms with van der Waals surface area (Å²) in [6, 6.07) is 36.4. The Labute approximate surface area is 296 Å². The lowest BCUT2D eigenvalue weighted by atomic mass is 9.88. The van der Waals surface area contributed by atoms with Gasteiger partial charge in [-0.3, -0.25) is 0 Å². The van der Waals surface area contributed by atoms with Gasteiger partial charge in [0.15, 0.2) is 0 Å². The fourth-order valence-electron chi connectivity index (χ4n) is 8.27. The van der Waals surface area contributed by atoms with E-state index in [0.717, 1.165) is 32.1 Å². The molecule has 0 spiro atoms. The largest absolute Gasteiger partial charge is 0.334 e. The van der Waals surface area contributed by atoms with Crippen molar-refractivity contribution < 1.29 is 0 Å². The highest BCUT2D eigenvalue weighted by atomic mass is 15.2. The summed E-state index contributed by atoms with van der Waals surface area (Å²) in [6.07, 6.45) is 35.6. The van der Waals surface area contributed by atoms with Gasteiger partial charge >= 0.3 is 0 Å². The van der Waals surface area contributed by atoms with Crippen LogP contribution in [-0.4, -0.2) is 12.1 Å². The van der Waals surface area contributed by atoms with E-state index in [1.165, 1.54) is 61.7 Å². The third-order valence-electron chi connectivity index (χ3n) is 10.8. The predicted octanol–water partition coefficient (Wildman–Crippen LogP) is 12.3. The predicted molar refractivity (Wildman–Crippen MR) is 212 cm³/mol. The van der Waals surface area contributed by atoms with Gasteiger partial charge < -0.3 is 9.80 Å². The van der Waals surface area contributed by atoms with E-state index in [1.807, 2.05) is 0 Å². The number of allylic oxidation sites excluding steroid dienone is 11. The average Bonchev–Trinajstić information content (AvgIpc) is 3.53. The van der Waals surface area contributed by atoms with Crippen molar-refractivity contribution in [3.63, 3.8) is 0 Å². The SMILES string of the molecule is C1=CCC(N(C2=CCC(C3=CCCC=C3)C=C2)c2ccc3c(c2)N(c2ccc(-c4ccc(-c5ccccc5)cc4)cc2)C2CC=CC=C32)C=C1. The van der Waals surface area contributed by atoms with Crippen LogP contribution in [-0.2, 0) is 0 Å². The summed E-state index contributed by atoms with van der Waals surface area (Å²) in [5, 5.41) is 0. The number of fused-ring (bicyclic) bond motifs is 3. The van der Waals surface area contributed by atoms with Crippen LogP contribution in [0.25, 0.3) is 27.8 Å². The topological polar surface area (TPSA) is 6.48 Å². The maximum absolute atomic E-state index is 2.58. The fourth-order valence-corrected chi connectivity index (χ4v) is 8.27. The van der Waals surface area contributed by atoms with E-state index in [9.17, 15) is 0 Å². The van der Waals surface area contributed by atoms with Gasteiger partial charge in [0, 0.05) is 28.6 Å². The smallest absolute Gasteiger partial charge is 0.0632 e. The van der Waals surface area contributed by atoms with Crippen molar-refractivity contribution in [1.82, 2.24) is 0 Å². The number of rotatable bonds is 7. The first kappa shape index (κ1) is 30.5. The van der Waals surface area contributed by atoms with E-state index in [2.05, 4.69) is 186 Å². The molecule has 2 heteroatoms. The minimum atomic E-state index is 0.268. The molecule has 9 rings (SSSR count). The Kier molecular flexibility index (Phi) is 8.14. The van der Waals surface area contributed by atoms with Crippen molar-refractivity contribution in [2.45, 2.75) is 44.2 Å². The molecule has 0 amide bonds. The molecule has 0 saturated carbocycles. The second-order valence-electron chi connectivity index (χ2n) is 13.9. The van der Waals surface area contributed by atoms with Gasteiger partial charge in [0.05, 0.1) is 17.8 Å². The molecule has 244 valence electrons. The summed E-state index contributed by atoms with van der Waals surface area (Å²) < 4.78 is 0. The highest BCUT2D eigenvalue weighted by Crippen LogP contribution is 2.49. The number of nitrogens with zero attached hydrogens (tertiary/aromatic N) is 2. The molecular weight excluding hydrogens is 605 g/mol. The Morgan fingerprint density at radius 2 is 1.36 bits per heavy atom. The quantitative estimate of drug-likeness (QED) is 0.197. The molecule has 0 bridgehead atoms. The Morgan fingerprint density at radius 1 is 0.600 bits per heavy atom. The Balaban J connectivity index is 1.04. The molecule has 4 aliphatic carbocycles. The van der Waals surface area contributed by atoms with Gasteiger partial charge in [0.2, 0.25) is 0 Å². The maximum Gasteiger partial charge on any atom is 0.0632 e. The first-order chi connectivity index (χ1) is 24.8. The molecular formula is C48H42N2. The van der Waals surface area contributed by atoms with Crippen molar-refractivity contribution in [2.24, 2.45) is 5.92 Å². The van der Waals surface area contributed by atoms with Crippen LogP contribution in [0.2, 0.25) is 0 Å². The third-order valence-corrected chi connectivity index (χ3v) is 10.8. The van der Waals surface area contributed by atoms with Crippen molar-refractivity contribution in [2.75, 3.05) is 9.80 Å². The highest BCUT2D eigenvalue weighted by Gasteiger charge is 2.36. The van der Waals surface area contributed by atoms with Gasteiger partial charge in [-0.2, -0.15) is 0 Å². The summed E-state index contributed by atoms with van der Waals surface area (Å²) in [7, 11) is 0. The van der Waals surface area contributed by atoms with Gasteiger partial charge in [0.1, 0.15) is 0 Å². The second kappa shape index (κ2) is 13.4. The molecule has 3 unspecified atom stereocenters. The first-order valence-corrected chi connectivity index (χ1v) is 18.2. The van der Waals surface area contributed by atoms with Gasteiger partial charge in [-0.05, 0) is 95.8 Å². The second-order valence-corrected chi connectivity index (χ2v) is 13.9. The van der Waals surface area contributed by atoms with E-state index in [4.69, 9.17) is 0 Å². The molecule has 5 aliphatic rings. The molecule has 0 fully saturated rings. The van der Waals surface area contributed by atoms with Crippen molar-refractivity contribution in [3.05, 3.63) is 193 Å². The zero-order chi connectivity index (χ0) is 33.3. The molecule has 3 atom stereocenters. The van der Waals surface area contributed by atoms with Gasteiger partial charge in [-0.25, -0.2) is 0 Å². The molecule has 0 N–H and O–H groups in total. The standard InChI is InChI=1S/C48H42N2/c1-4-12-35(13-5-1)37-20-22-38(23-21-37)40-26-30-43(31-27-40)50-47-19-11-10-18-45(47)46-33-32-44(34-48(46)50)49(41-16-8-3-9-17-41)42-28-24-39(25-29-42)36-14-6-2-7-15-36/h1,3-6,8-16,18,20-24,26-34,39,41,47H,2,7,17,19,25H2. The van der Waals surface area contributed by atoms with Gasteiger partial charge in [0.25, 0.3) is 0 Å². The van der Waals surface area contributed by atoms with Crippen LogP contribution < -0.4 is 9.80 Å². The van der Waals surface area contributed by atoms with Gasteiger partial charge in [-0.15, -0.1) is 0 Å². The lowest BCUT2D eigenvalue weighted by molar-refractivity contribution is 0.724. The Bertz CT molecular complexity index is 2130. The average molecular weight is 647 g/mol. The van der Waals surface area contributed by atoms with Crippen LogP contribution in [0.5, 0.6) is 0 Å². The minimum absolute atomic E-state index is 0.268. The molecule has 0 aromatic heterocycles. The van der Waals surface area contributed by atoms with Crippen LogP contribution >= 0.6 is 0 Å². The normalized spacial score (nSPS) is 21.7. The Morgan fingerprint density at radius 3 is 2.06 bits per heavy atom. The molecule has 0 saturated heterocycles. The maximum atomic E-state index is 2.58. The van der Waals surface area contributed by atoms with Crippen molar-refractivity contribution >= 4 is 22.6 Å². The lowest BCUT2D eigenvalue weighted by Gasteiger charge is -2.36. The van der Waals surface area contributed by atoms with Crippen LogP contribution in [0.1, 0.15) is 37.7 Å². The van der Waals surface area contributed by atoms with Crippen LogP contribution in [0, 0.1) is 5.92 Å². The first-order valence-electron chi connectivity index (χ1n) is 18.2. The van der Waals surface area contributed by atoms with Crippen LogP contribution in [0.4, 0.5) is 17.1 Å². The van der Waals surface area contributed by atoms with E-state index >= 15 is 0 Å². The fraction of sp³-hybridized carbons (Fsp3) is 0.167. The molecule has 1 heterocycles. The molecule has 2 nitrogen and oxygen atoms in total. The number of anilines is 3. The number of benzene rings is 4. The van der Waals surface area contributed by atoms with Crippen molar-refractivity contribution in [1.29, 1.82) is 0 Å². The summed E-state index contributed by atoms with van der Waals surface area (Å²) in [5.41, 5.74) is 14.2. The lowest BCUT2D eigenvalue weighted by Crippen LogP contribution is -2.34. The zero-order valence-electron chi connectivity index (χ0n) is 28.4. The van der Waals surface area contributed by atoms with E-state index < -0.39 is 0 Å². The van der Waals surface area contributed by atoms with Crippen LogP contribution in [0.3, 0.4) is 0 Å². The third kappa shape index (κ3) is 5.75. The highest BCUT2D eigenvalue weighted by molar-refractivity contribution is 5.95. The van der Waals surface area contributed by atoms with Crippen molar-refractivity contribution in [3.8, 4) is 22.3 Å².